The fourth-order valence-electron chi connectivity index (χ4n) is 1.02. The molecule has 0 saturated heterocycles. The molecular weight excluding hydrogens is 214 g/mol. The summed E-state index contributed by atoms with van der Waals surface area (Å²) in [6.45, 7) is 5.59. The molecule has 0 aliphatic rings. The van der Waals surface area contributed by atoms with Gasteiger partial charge in [0.1, 0.15) is 6.61 Å². The lowest BCUT2D eigenvalue weighted by atomic mass is 10.2. The van der Waals surface area contributed by atoms with Crippen molar-refractivity contribution in [1.82, 2.24) is 0 Å². The van der Waals surface area contributed by atoms with Crippen LogP contribution in [0, 0.1) is 0 Å². The molecule has 82 valence electrons. The summed E-state index contributed by atoms with van der Waals surface area (Å²) in [6, 6.07) is 6.31. The van der Waals surface area contributed by atoms with Crippen LogP contribution in [-0.2, 0) is 21.4 Å². The van der Waals surface area contributed by atoms with E-state index in [9.17, 15) is 8.42 Å². The van der Waals surface area contributed by atoms with Crippen LogP contribution in [0.25, 0.3) is 0 Å². The fourth-order valence-corrected chi connectivity index (χ4v) is 1.60. The molecule has 15 heavy (non-hydrogen) atoms. The average molecular weight is 227 g/mol. The number of allylic oxidation sites excluding steroid dienone is 1. The lowest BCUT2D eigenvalue weighted by Gasteiger charge is -2.06. The predicted octanol–water partition coefficient (Wildman–Crippen LogP) is 1.38. The SMILES string of the molecule is C=C(C)OCc1cccc(S(N)(=O)=O)c1. The molecule has 0 spiro atoms. The largest absolute Gasteiger partial charge is 0.494 e. The Morgan fingerprint density at radius 3 is 2.73 bits per heavy atom. The van der Waals surface area contributed by atoms with Crippen molar-refractivity contribution < 1.29 is 13.2 Å². The summed E-state index contributed by atoms with van der Waals surface area (Å²) < 4.78 is 27.3. The van der Waals surface area contributed by atoms with Crippen LogP contribution in [0.15, 0.2) is 41.5 Å². The van der Waals surface area contributed by atoms with Gasteiger partial charge in [0.2, 0.25) is 10.0 Å². The zero-order chi connectivity index (χ0) is 11.5. The van der Waals surface area contributed by atoms with Crippen molar-refractivity contribution in [3.63, 3.8) is 0 Å². The number of rotatable bonds is 4. The van der Waals surface area contributed by atoms with E-state index in [4.69, 9.17) is 9.88 Å². The molecule has 0 heterocycles. The number of nitrogens with two attached hydrogens (primary N) is 1. The fraction of sp³-hybridized carbons (Fsp3) is 0.200. The van der Waals surface area contributed by atoms with Crippen LogP contribution in [0.1, 0.15) is 12.5 Å². The Labute approximate surface area is 89.4 Å². The summed E-state index contributed by atoms with van der Waals surface area (Å²) in [6.07, 6.45) is 0. The van der Waals surface area contributed by atoms with E-state index in [1.807, 2.05) is 0 Å². The van der Waals surface area contributed by atoms with Gasteiger partial charge in [0.05, 0.1) is 10.7 Å². The van der Waals surface area contributed by atoms with Gasteiger partial charge in [-0.05, 0) is 24.6 Å². The first kappa shape index (κ1) is 11.7. The third-order valence-electron chi connectivity index (χ3n) is 1.71. The summed E-state index contributed by atoms with van der Waals surface area (Å²) in [5.41, 5.74) is 0.740. The molecule has 0 radical (unpaired) electrons. The third-order valence-corrected chi connectivity index (χ3v) is 2.62. The first-order valence-corrected chi connectivity index (χ1v) is 5.84. The molecular formula is C10H13NO3S. The first-order valence-electron chi connectivity index (χ1n) is 4.29. The van der Waals surface area contributed by atoms with Crippen molar-refractivity contribution in [3.8, 4) is 0 Å². The topological polar surface area (TPSA) is 69.4 Å². The maximum absolute atomic E-state index is 11.0. The number of ether oxygens (including phenoxy) is 1. The lowest BCUT2D eigenvalue weighted by molar-refractivity contribution is 0.202. The van der Waals surface area contributed by atoms with E-state index in [2.05, 4.69) is 6.58 Å². The predicted molar refractivity (Wildman–Crippen MR) is 57.4 cm³/mol. The molecule has 0 bridgehead atoms. The molecule has 5 heteroatoms. The number of benzene rings is 1. The van der Waals surface area contributed by atoms with Crippen LogP contribution in [0.5, 0.6) is 0 Å². The first-order chi connectivity index (χ1) is 6.89. The number of hydrogen-bond acceptors (Lipinski definition) is 3. The summed E-state index contributed by atoms with van der Waals surface area (Å²) in [4.78, 5) is 0.0883. The molecule has 0 fully saturated rings. The molecule has 0 aliphatic heterocycles. The van der Waals surface area contributed by atoms with Gasteiger partial charge < -0.3 is 4.74 Å². The zero-order valence-electron chi connectivity index (χ0n) is 8.43. The highest BCUT2D eigenvalue weighted by Gasteiger charge is 2.07. The summed E-state index contributed by atoms with van der Waals surface area (Å²) in [7, 11) is -3.64. The minimum Gasteiger partial charge on any atom is -0.494 e. The monoisotopic (exact) mass is 227 g/mol. The van der Waals surface area contributed by atoms with Gasteiger partial charge in [-0.1, -0.05) is 18.7 Å². The summed E-state index contributed by atoms with van der Waals surface area (Å²) in [5, 5.41) is 5.00. The molecule has 0 unspecified atom stereocenters. The molecule has 2 N–H and O–H groups in total. The van der Waals surface area contributed by atoms with E-state index < -0.39 is 10.0 Å². The van der Waals surface area contributed by atoms with Gasteiger partial charge >= 0.3 is 0 Å². The van der Waals surface area contributed by atoms with Crippen molar-refractivity contribution >= 4 is 10.0 Å². The Kier molecular flexibility index (Phi) is 3.49. The Hall–Kier alpha value is -1.33. The molecule has 0 aliphatic carbocycles. The second-order valence-electron chi connectivity index (χ2n) is 3.18. The molecule has 1 rings (SSSR count). The molecule has 0 atom stereocenters. The second kappa shape index (κ2) is 4.46. The van der Waals surface area contributed by atoms with E-state index in [0.29, 0.717) is 12.4 Å². The number of hydrogen-bond donors (Lipinski definition) is 1. The van der Waals surface area contributed by atoms with Gasteiger partial charge in [0, 0.05) is 0 Å². The highest BCUT2D eigenvalue weighted by atomic mass is 32.2. The minimum atomic E-state index is -3.64. The van der Waals surface area contributed by atoms with Gasteiger partial charge in [0.15, 0.2) is 0 Å². The molecule has 0 amide bonds. The van der Waals surface area contributed by atoms with Crippen LogP contribution in [0.4, 0.5) is 0 Å². The second-order valence-corrected chi connectivity index (χ2v) is 4.74. The Morgan fingerprint density at radius 2 is 2.20 bits per heavy atom. The maximum atomic E-state index is 11.0. The van der Waals surface area contributed by atoms with Crippen LogP contribution >= 0.6 is 0 Å². The molecule has 0 aromatic heterocycles. The van der Waals surface area contributed by atoms with E-state index in [-0.39, 0.29) is 4.90 Å². The zero-order valence-corrected chi connectivity index (χ0v) is 9.25. The van der Waals surface area contributed by atoms with Crippen molar-refractivity contribution in [2.75, 3.05) is 0 Å². The van der Waals surface area contributed by atoms with Gasteiger partial charge in [-0.25, -0.2) is 13.6 Å². The molecule has 1 aromatic rings. The molecule has 0 saturated carbocycles. The standard InChI is InChI=1S/C10H13NO3S/c1-8(2)14-7-9-4-3-5-10(6-9)15(11,12)13/h3-6H,1,7H2,2H3,(H2,11,12,13). The van der Waals surface area contributed by atoms with Crippen LogP contribution in [0.2, 0.25) is 0 Å². The normalized spacial score (nSPS) is 11.1. The number of sulfonamides is 1. The maximum Gasteiger partial charge on any atom is 0.238 e. The van der Waals surface area contributed by atoms with Gasteiger partial charge in [0.25, 0.3) is 0 Å². The van der Waals surface area contributed by atoms with Crippen molar-refractivity contribution in [2.45, 2.75) is 18.4 Å². The lowest BCUT2D eigenvalue weighted by Crippen LogP contribution is -2.12. The molecule has 1 aromatic carbocycles. The Morgan fingerprint density at radius 1 is 1.53 bits per heavy atom. The number of primary sulfonamides is 1. The van der Waals surface area contributed by atoms with Crippen LogP contribution < -0.4 is 5.14 Å². The van der Waals surface area contributed by atoms with Gasteiger partial charge in [-0.15, -0.1) is 0 Å². The van der Waals surface area contributed by atoms with E-state index in [1.165, 1.54) is 12.1 Å². The molecule has 4 nitrogen and oxygen atoms in total. The van der Waals surface area contributed by atoms with Gasteiger partial charge in [-0.3, -0.25) is 0 Å². The van der Waals surface area contributed by atoms with E-state index >= 15 is 0 Å². The van der Waals surface area contributed by atoms with Crippen molar-refractivity contribution in [2.24, 2.45) is 5.14 Å². The third kappa shape index (κ3) is 3.73. The Bertz CT molecular complexity index is 465. The van der Waals surface area contributed by atoms with Crippen LogP contribution in [-0.4, -0.2) is 8.42 Å². The minimum absolute atomic E-state index is 0.0883. The van der Waals surface area contributed by atoms with Crippen molar-refractivity contribution in [1.29, 1.82) is 0 Å². The Balaban J connectivity index is 2.89. The highest BCUT2D eigenvalue weighted by Crippen LogP contribution is 2.11. The van der Waals surface area contributed by atoms with E-state index in [1.54, 1.807) is 19.1 Å². The van der Waals surface area contributed by atoms with Gasteiger partial charge in [-0.2, -0.15) is 0 Å². The van der Waals surface area contributed by atoms with Crippen LogP contribution in [0.3, 0.4) is 0 Å². The summed E-state index contributed by atoms with van der Waals surface area (Å²) >= 11 is 0. The average Bonchev–Trinajstić information content (AvgIpc) is 2.14. The van der Waals surface area contributed by atoms with E-state index in [0.717, 1.165) is 5.56 Å². The van der Waals surface area contributed by atoms with Crippen molar-refractivity contribution in [3.05, 3.63) is 42.2 Å². The summed E-state index contributed by atoms with van der Waals surface area (Å²) in [5.74, 6) is 0.580. The quantitative estimate of drug-likeness (QED) is 0.790. The smallest absolute Gasteiger partial charge is 0.238 e. The highest BCUT2D eigenvalue weighted by molar-refractivity contribution is 7.89.